The summed E-state index contributed by atoms with van der Waals surface area (Å²) in [6.45, 7) is 3.37. The Morgan fingerprint density at radius 2 is 2.43 bits per heavy atom. The van der Waals surface area contributed by atoms with Crippen molar-refractivity contribution in [3.8, 4) is 0 Å². The van der Waals surface area contributed by atoms with Crippen LogP contribution >= 0.6 is 11.3 Å². The van der Waals surface area contributed by atoms with Crippen LogP contribution in [-0.2, 0) is 11.3 Å². The van der Waals surface area contributed by atoms with Crippen molar-refractivity contribution in [2.75, 3.05) is 25.7 Å². The molecule has 4 nitrogen and oxygen atoms in total. The van der Waals surface area contributed by atoms with Crippen LogP contribution in [0.5, 0.6) is 0 Å². The summed E-state index contributed by atoms with van der Waals surface area (Å²) < 4.78 is 5.09. The Morgan fingerprint density at radius 1 is 1.71 bits per heavy atom. The van der Waals surface area contributed by atoms with Crippen LogP contribution in [0.25, 0.3) is 0 Å². The molecule has 0 amide bonds. The average molecular weight is 215 g/mol. The molecule has 0 saturated carbocycles. The van der Waals surface area contributed by atoms with Crippen molar-refractivity contribution >= 4 is 16.5 Å². The Kier molecular flexibility index (Phi) is 4.31. The maximum atomic E-state index is 5.53. The molecule has 1 aromatic rings. The third kappa shape index (κ3) is 2.67. The highest BCUT2D eigenvalue weighted by Gasteiger charge is 2.12. The van der Waals surface area contributed by atoms with Crippen LogP contribution in [-0.4, -0.2) is 31.8 Å². The molecule has 14 heavy (non-hydrogen) atoms. The number of anilines is 1. The number of thiazole rings is 1. The quantitative estimate of drug-likeness (QED) is 0.798. The summed E-state index contributed by atoms with van der Waals surface area (Å²) in [5.74, 6) is 0. The third-order valence-electron chi connectivity index (χ3n) is 2.11. The Labute approximate surface area is 88.7 Å². The van der Waals surface area contributed by atoms with E-state index in [1.54, 1.807) is 18.4 Å². The first-order valence-electron chi connectivity index (χ1n) is 4.55. The fourth-order valence-electron chi connectivity index (χ4n) is 1.10. The van der Waals surface area contributed by atoms with E-state index in [1.165, 1.54) is 0 Å². The minimum atomic E-state index is 0.330. The molecular formula is C9H17N3OS. The Balaban J connectivity index is 2.63. The minimum Gasteiger partial charge on any atom is -0.383 e. The van der Waals surface area contributed by atoms with Gasteiger partial charge in [-0.05, 0) is 6.92 Å². The molecule has 80 valence electrons. The summed E-state index contributed by atoms with van der Waals surface area (Å²) in [7, 11) is 3.72. The van der Waals surface area contributed by atoms with Gasteiger partial charge >= 0.3 is 0 Å². The van der Waals surface area contributed by atoms with Crippen molar-refractivity contribution in [1.82, 2.24) is 4.98 Å². The van der Waals surface area contributed by atoms with E-state index in [-0.39, 0.29) is 0 Å². The van der Waals surface area contributed by atoms with Gasteiger partial charge in [0.05, 0.1) is 12.6 Å². The molecule has 1 aromatic heterocycles. The van der Waals surface area contributed by atoms with Gasteiger partial charge in [0.25, 0.3) is 0 Å². The zero-order valence-electron chi connectivity index (χ0n) is 8.86. The van der Waals surface area contributed by atoms with Gasteiger partial charge in [-0.1, -0.05) is 0 Å². The van der Waals surface area contributed by atoms with Crippen LogP contribution in [0.3, 0.4) is 0 Å². The van der Waals surface area contributed by atoms with Crippen LogP contribution < -0.4 is 10.6 Å². The van der Waals surface area contributed by atoms with Gasteiger partial charge in [-0.2, -0.15) is 0 Å². The van der Waals surface area contributed by atoms with E-state index < -0.39 is 0 Å². The lowest BCUT2D eigenvalue weighted by molar-refractivity contribution is 0.183. The largest absolute Gasteiger partial charge is 0.383 e. The fraction of sp³-hybridized carbons (Fsp3) is 0.667. The van der Waals surface area contributed by atoms with Crippen LogP contribution in [0.1, 0.15) is 11.8 Å². The standard InChI is InChI=1S/C9H17N3OS/c1-7(6-13-3)12(2)9-11-5-8(4-10)14-9/h5,7H,4,6,10H2,1-3H3. The Morgan fingerprint density at radius 3 is 2.93 bits per heavy atom. The smallest absolute Gasteiger partial charge is 0.185 e. The van der Waals surface area contributed by atoms with E-state index in [1.807, 2.05) is 13.2 Å². The lowest BCUT2D eigenvalue weighted by Crippen LogP contribution is -2.32. The van der Waals surface area contributed by atoms with Gasteiger partial charge in [0.15, 0.2) is 5.13 Å². The molecule has 0 aliphatic heterocycles. The molecule has 1 rings (SSSR count). The third-order valence-corrected chi connectivity index (χ3v) is 3.22. The van der Waals surface area contributed by atoms with Crippen LogP contribution in [0.4, 0.5) is 5.13 Å². The van der Waals surface area contributed by atoms with E-state index in [0.717, 1.165) is 10.0 Å². The molecule has 0 aliphatic rings. The van der Waals surface area contributed by atoms with Crippen molar-refractivity contribution in [2.45, 2.75) is 19.5 Å². The molecule has 0 fully saturated rings. The monoisotopic (exact) mass is 215 g/mol. The van der Waals surface area contributed by atoms with Gasteiger partial charge in [0.1, 0.15) is 0 Å². The summed E-state index contributed by atoms with van der Waals surface area (Å²) in [5.41, 5.74) is 5.53. The van der Waals surface area contributed by atoms with Crippen molar-refractivity contribution < 1.29 is 4.74 Å². The van der Waals surface area contributed by atoms with E-state index in [2.05, 4.69) is 16.8 Å². The summed E-state index contributed by atoms with van der Waals surface area (Å²) >= 11 is 1.63. The first-order valence-corrected chi connectivity index (χ1v) is 5.37. The van der Waals surface area contributed by atoms with E-state index in [9.17, 15) is 0 Å². The summed E-state index contributed by atoms with van der Waals surface area (Å²) in [6, 6.07) is 0.330. The zero-order valence-corrected chi connectivity index (χ0v) is 9.67. The minimum absolute atomic E-state index is 0.330. The number of nitrogens with two attached hydrogens (primary N) is 1. The summed E-state index contributed by atoms with van der Waals surface area (Å²) in [5, 5.41) is 0.995. The van der Waals surface area contributed by atoms with E-state index in [4.69, 9.17) is 10.5 Å². The predicted molar refractivity (Wildman–Crippen MR) is 59.7 cm³/mol. The molecule has 0 aromatic carbocycles. The van der Waals surface area contributed by atoms with Gasteiger partial charge in [0.2, 0.25) is 0 Å². The van der Waals surface area contributed by atoms with E-state index >= 15 is 0 Å². The highest BCUT2D eigenvalue weighted by molar-refractivity contribution is 7.15. The second-order valence-electron chi connectivity index (χ2n) is 3.23. The number of hydrogen-bond acceptors (Lipinski definition) is 5. The molecular weight excluding hydrogens is 198 g/mol. The lowest BCUT2D eigenvalue weighted by Gasteiger charge is -2.23. The number of likely N-dealkylation sites (N-methyl/N-ethyl adjacent to an activating group) is 1. The first kappa shape index (κ1) is 11.4. The van der Waals surface area contributed by atoms with Crippen molar-refractivity contribution in [1.29, 1.82) is 0 Å². The van der Waals surface area contributed by atoms with Gasteiger partial charge in [-0.15, -0.1) is 11.3 Å². The van der Waals surface area contributed by atoms with Crippen LogP contribution in [0.2, 0.25) is 0 Å². The fourth-order valence-corrected chi connectivity index (χ4v) is 1.95. The van der Waals surface area contributed by atoms with Crippen LogP contribution in [0.15, 0.2) is 6.20 Å². The second kappa shape index (κ2) is 5.29. The molecule has 0 aliphatic carbocycles. The molecule has 1 atom stereocenters. The Hall–Kier alpha value is -0.650. The van der Waals surface area contributed by atoms with Crippen molar-refractivity contribution in [3.63, 3.8) is 0 Å². The number of aromatic nitrogens is 1. The van der Waals surface area contributed by atoms with E-state index in [0.29, 0.717) is 19.2 Å². The molecule has 0 saturated heterocycles. The number of hydrogen-bond donors (Lipinski definition) is 1. The van der Waals surface area contributed by atoms with Crippen LogP contribution in [0, 0.1) is 0 Å². The number of rotatable bonds is 5. The molecule has 5 heteroatoms. The maximum absolute atomic E-state index is 5.53. The molecule has 1 heterocycles. The predicted octanol–water partition coefficient (Wildman–Crippen LogP) is 1.07. The van der Waals surface area contributed by atoms with Crippen molar-refractivity contribution in [3.05, 3.63) is 11.1 Å². The SMILES string of the molecule is COCC(C)N(C)c1ncc(CN)s1. The number of ether oxygens (including phenoxy) is 1. The Bertz CT molecular complexity index is 277. The highest BCUT2D eigenvalue weighted by Crippen LogP contribution is 2.22. The summed E-state index contributed by atoms with van der Waals surface area (Å²) in [6.07, 6.45) is 1.83. The molecule has 1 unspecified atom stereocenters. The topological polar surface area (TPSA) is 51.4 Å². The van der Waals surface area contributed by atoms with Gasteiger partial charge < -0.3 is 15.4 Å². The molecule has 0 radical (unpaired) electrons. The summed E-state index contributed by atoms with van der Waals surface area (Å²) in [4.78, 5) is 7.51. The lowest BCUT2D eigenvalue weighted by atomic mass is 10.3. The van der Waals surface area contributed by atoms with Gasteiger partial charge in [0, 0.05) is 31.8 Å². The second-order valence-corrected chi connectivity index (χ2v) is 4.32. The molecule has 2 N–H and O–H groups in total. The van der Waals surface area contributed by atoms with Gasteiger partial charge in [-0.25, -0.2) is 4.98 Å². The van der Waals surface area contributed by atoms with Crippen molar-refractivity contribution in [2.24, 2.45) is 5.73 Å². The highest BCUT2D eigenvalue weighted by atomic mass is 32.1. The average Bonchev–Trinajstić information content (AvgIpc) is 2.65. The number of methoxy groups -OCH3 is 1. The van der Waals surface area contributed by atoms with Gasteiger partial charge in [-0.3, -0.25) is 0 Å². The number of nitrogens with zero attached hydrogens (tertiary/aromatic N) is 2. The normalized spacial score (nSPS) is 12.9. The maximum Gasteiger partial charge on any atom is 0.185 e. The first-order chi connectivity index (χ1) is 6.69. The zero-order chi connectivity index (χ0) is 10.6. The molecule has 0 bridgehead atoms. The molecule has 0 spiro atoms.